The van der Waals surface area contributed by atoms with Gasteiger partial charge in [0.1, 0.15) is 0 Å². The highest BCUT2D eigenvalue weighted by atomic mass is 35.5. The first-order chi connectivity index (χ1) is 10.6. The number of carbonyl (C=O) groups is 1. The normalized spacial score (nSPS) is 31.7. The van der Waals surface area contributed by atoms with Gasteiger partial charge in [-0.15, -0.1) is 12.4 Å². The van der Waals surface area contributed by atoms with E-state index in [0.717, 1.165) is 32.7 Å². The maximum Gasteiger partial charge on any atom is 0.236 e. The molecule has 134 valence electrons. The Balaban J connectivity index is 0.00000192. The van der Waals surface area contributed by atoms with Crippen molar-refractivity contribution in [3.8, 4) is 0 Å². The molecule has 23 heavy (non-hydrogen) atoms. The van der Waals surface area contributed by atoms with Crippen LogP contribution in [-0.4, -0.2) is 60.5 Å². The molecule has 2 unspecified atom stereocenters. The number of rotatable bonds is 2. The van der Waals surface area contributed by atoms with Crippen LogP contribution < -0.4 is 5.32 Å². The van der Waals surface area contributed by atoms with Crippen LogP contribution in [0.5, 0.6) is 0 Å². The second-order valence-corrected chi connectivity index (χ2v) is 8.13. The molecule has 0 aromatic rings. The Labute approximate surface area is 147 Å². The first-order valence-electron chi connectivity index (χ1n) is 9.33. The zero-order chi connectivity index (χ0) is 15.6. The second-order valence-electron chi connectivity index (χ2n) is 8.13. The maximum atomic E-state index is 12.8. The van der Waals surface area contributed by atoms with Gasteiger partial charge in [0, 0.05) is 38.3 Å². The molecule has 1 aliphatic carbocycles. The Morgan fingerprint density at radius 1 is 1.13 bits per heavy atom. The average molecular weight is 344 g/mol. The SMILES string of the molecule is CC1CC(C)CN(C(=O)CN2CCNCC23CCCCC3)C1.Cl. The summed E-state index contributed by atoms with van der Waals surface area (Å²) in [6, 6.07) is 0. The minimum atomic E-state index is 0. The standard InChI is InChI=1S/C18H33N3O.ClH/c1-15-10-16(2)12-20(11-15)17(22)13-21-9-8-19-14-18(21)6-4-3-5-7-18;/h15-16,19H,3-14H2,1-2H3;1H. The Morgan fingerprint density at radius 3 is 2.43 bits per heavy atom. The van der Waals surface area contributed by atoms with E-state index < -0.39 is 0 Å². The minimum Gasteiger partial charge on any atom is -0.341 e. The summed E-state index contributed by atoms with van der Waals surface area (Å²) in [7, 11) is 0. The number of nitrogens with zero attached hydrogens (tertiary/aromatic N) is 2. The van der Waals surface area contributed by atoms with Crippen LogP contribution >= 0.6 is 12.4 Å². The molecule has 3 aliphatic rings. The van der Waals surface area contributed by atoms with Crippen LogP contribution in [0.2, 0.25) is 0 Å². The summed E-state index contributed by atoms with van der Waals surface area (Å²) < 4.78 is 0. The first-order valence-corrected chi connectivity index (χ1v) is 9.33. The van der Waals surface area contributed by atoms with Gasteiger partial charge in [0.05, 0.1) is 6.54 Å². The number of likely N-dealkylation sites (tertiary alicyclic amines) is 1. The van der Waals surface area contributed by atoms with E-state index in [4.69, 9.17) is 0 Å². The lowest BCUT2D eigenvalue weighted by molar-refractivity contribution is -0.137. The largest absolute Gasteiger partial charge is 0.341 e. The van der Waals surface area contributed by atoms with Crippen molar-refractivity contribution >= 4 is 18.3 Å². The summed E-state index contributed by atoms with van der Waals surface area (Å²) in [6.07, 6.45) is 7.81. The number of halogens is 1. The van der Waals surface area contributed by atoms with Gasteiger partial charge in [0.2, 0.25) is 5.91 Å². The summed E-state index contributed by atoms with van der Waals surface area (Å²) in [6.45, 7) is 10.3. The van der Waals surface area contributed by atoms with Crippen LogP contribution in [0.4, 0.5) is 0 Å². The molecule has 3 fully saturated rings. The monoisotopic (exact) mass is 343 g/mol. The van der Waals surface area contributed by atoms with Crippen molar-refractivity contribution in [3.05, 3.63) is 0 Å². The van der Waals surface area contributed by atoms with E-state index in [1.165, 1.54) is 38.5 Å². The predicted octanol–water partition coefficient (Wildman–Crippen LogP) is 2.52. The van der Waals surface area contributed by atoms with Gasteiger partial charge in [0.15, 0.2) is 0 Å². The third-order valence-electron chi connectivity index (χ3n) is 6.02. The summed E-state index contributed by atoms with van der Waals surface area (Å²) >= 11 is 0. The van der Waals surface area contributed by atoms with Crippen molar-refractivity contribution < 1.29 is 4.79 Å². The van der Waals surface area contributed by atoms with Gasteiger partial charge in [-0.25, -0.2) is 0 Å². The summed E-state index contributed by atoms with van der Waals surface area (Å²) in [5.41, 5.74) is 0.263. The number of hydrogen-bond acceptors (Lipinski definition) is 3. The van der Waals surface area contributed by atoms with Gasteiger partial charge in [-0.3, -0.25) is 9.69 Å². The highest BCUT2D eigenvalue weighted by Crippen LogP contribution is 2.34. The molecule has 1 N–H and O–H groups in total. The number of piperazine rings is 1. The molecule has 0 aromatic heterocycles. The number of piperidine rings is 1. The first kappa shape index (κ1) is 19.0. The van der Waals surface area contributed by atoms with Crippen LogP contribution in [-0.2, 0) is 4.79 Å². The van der Waals surface area contributed by atoms with Crippen LogP contribution in [0, 0.1) is 11.8 Å². The van der Waals surface area contributed by atoms with Crippen LogP contribution in [0.1, 0.15) is 52.4 Å². The molecule has 3 rings (SSSR count). The number of carbonyl (C=O) groups excluding carboxylic acids is 1. The second kappa shape index (κ2) is 8.17. The molecular formula is C18H34ClN3O. The molecular weight excluding hydrogens is 310 g/mol. The molecule has 0 aromatic carbocycles. The van der Waals surface area contributed by atoms with Crippen molar-refractivity contribution in [2.75, 3.05) is 39.3 Å². The molecule has 0 radical (unpaired) electrons. The van der Waals surface area contributed by atoms with Crippen molar-refractivity contribution in [1.82, 2.24) is 15.1 Å². The van der Waals surface area contributed by atoms with Crippen molar-refractivity contribution in [2.24, 2.45) is 11.8 Å². The molecule has 5 heteroatoms. The van der Waals surface area contributed by atoms with E-state index in [1.807, 2.05) is 0 Å². The van der Waals surface area contributed by atoms with Gasteiger partial charge in [-0.1, -0.05) is 33.1 Å². The molecule has 2 heterocycles. The molecule has 2 aliphatic heterocycles. The van der Waals surface area contributed by atoms with Gasteiger partial charge < -0.3 is 10.2 Å². The predicted molar refractivity (Wildman–Crippen MR) is 97.0 cm³/mol. The number of amides is 1. The van der Waals surface area contributed by atoms with Gasteiger partial charge >= 0.3 is 0 Å². The maximum absolute atomic E-state index is 12.8. The molecule has 1 spiro atoms. The van der Waals surface area contributed by atoms with Crippen LogP contribution in [0.25, 0.3) is 0 Å². The van der Waals surface area contributed by atoms with E-state index in [2.05, 4.69) is 29.0 Å². The number of hydrogen-bond donors (Lipinski definition) is 1. The topological polar surface area (TPSA) is 35.6 Å². The Kier molecular flexibility index (Phi) is 6.76. The number of nitrogens with one attached hydrogen (secondary N) is 1. The Morgan fingerprint density at radius 2 is 1.78 bits per heavy atom. The fourth-order valence-electron chi connectivity index (χ4n) is 4.96. The van der Waals surface area contributed by atoms with E-state index in [-0.39, 0.29) is 17.9 Å². The summed E-state index contributed by atoms with van der Waals surface area (Å²) in [4.78, 5) is 17.5. The van der Waals surface area contributed by atoms with Crippen LogP contribution in [0.3, 0.4) is 0 Å². The van der Waals surface area contributed by atoms with E-state index in [1.54, 1.807) is 0 Å². The van der Waals surface area contributed by atoms with Gasteiger partial charge in [-0.05, 0) is 31.1 Å². The highest BCUT2D eigenvalue weighted by Gasteiger charge is 2.41. The summed E-state index contributed by atoms with van der Waals surface area (Å²) in [5, 5.41) is 3.58. The lowest BCUT2D eigenvalue weighted by Crippen LogP contribution is -2.64. The zero-order valence-corrected chi connectivity index (χ0v) is 15.7. The van der Waals surface area contributed by atoms with Gasteiger partial charge in [0.25, 0.3) is 0 Å². The van der Waals surface area contributed by atoms with Crippen molar-refractivity contribution in [2.45, 2.75) is 57.9 Å². The van der Waals surface area contributed by atoms with Gasteiger partial charge in [-0.2, -0.15) is 0 Å². The van der Waals surface area contributed by atoms with E-state index >= 15 is 0 Å². The smallest absolute Gasteiger partial charge is 0.236 e. The molecule has 2 saturated heterocycles. The zero-order valence-electron chi connectivity index (χ0n) is 14.9. The molecule has 2 atom stereocenters. The van der Waals surface area contributed by atoms with Crippen molar-refractivity contribution in [3.63, 3.8) is 0 Å². The third-order valence-corrected chi connectivity index (χ3v) is 6.02. The minimum absolute atomic E-state index is 0. The molecule has 1 saturated carbocycles. The molecule has 0 bridgehead atoms. The fourth-order valence-corrected chi connectivity index (χ4v) is 4.96. The Bertz CT molecular complexity index is 379. The molecule has 4 nitrogen and oxygen atoms in total. The molecule has 1 amide bonds. The highest BCUT2D eigenvalue weighted by molar-refractivity contribution is 5.85. The van der Waals surface area contributed by atoms with Crippen molar-refractivity contribution in [1.29, 1.82) is 0 Å². The average Bonchev–Trinajstić information content (AvgIpc) is 2.49. The lowest BCUT2D eigenvalue weighted by atomic mass is 9.79. The lowest BCUT2D eigenvalue weighted by Gasteiger charge is -2.50. The summed E-state index contributed by atoms with van der Waals surface area (Å²) in [5.74, 6) is 1.67. The van der Waals surface area contributed by atoms with E-state index in [9.17, 15) is 4.79 Å². The Hall–Kier alpha value is -0.320. The third kappa shape index (κ3) is 4.40. The van der Waals surface area contributed by atoms with E-state index in [0.29, 0.717) is 24.3 Å². The quantitative estimate of drug-likeness (QED) is 0.836. The van der Waals surface area contributed by atoms with Crippen LogP contribution in [0.15, 0.2) is 0 Å². The fraction of sp³-hybridized carbons (Fsp3) is 0.944.